The number of aromatic amines is 1. The second-order valence-corrected chi connectivity index (χ2v) is 7.52. The fraction of sp³-hybridized carbons (Fsp3) is 0.455. The normalized spacial score (nSPS) is 13.1. The maximum Gasteiger partial charge on any atom is 0.340 e. The molecular formula is C22H32N3O3+. The number of rotatable bonds is 8. The van der Waals surface area contributed by atoms with E-state index < -0.39 is 0 Å². The van der Waals surface area contributed by atoms with Gasteiger partial charge in [-0.1, -0.05) is 12.1 Å². The lowest BCUT2D eigenvalue weighted by atomic mass is 10.0. The molecule has 0 aliphatic carbocycles. The number of Topliss-reactive ketones (excluding diaryl/α,β-unsaturated/α-hetero) is 1. The highest BCUT2D eigenvalue weighted by Crippen LogP contribution is 2.20. The maximum atomic E-state index is 13.1. The van der Waals surface area contributed by atoms with Crippen LogP contribution in [0.2, 0.25) is 0 Å². The van der Waals surface area contributed by atoms with E-state index in [0.29, 0.717) is 29.1 Å². The van der Waals surface area contributed by atoms with Crippen molar-refractivity contribution in [3.8, 4) is 0 Å². The van der Waals surface area contributed by atoms with Crippen molar-refractivity contribution in [3.63, 3.8) is 0 Å². The number of hydrogen-bond donors (Lipinski definition) is 2. The van der Waals surface area contributed by atoms with Crippen LogP contribution in [0.15, 0.2) is 24.3 Å². The highest BCUT2D eigenvalue weighted by Gasteiger charge is 2.29. The molecule has 0 saturated heterocycles. The van der Waals surface area contributed by atoms with Crippen LogP contribution in [0, 0.1) is 13.8 Å². The average Bonchev–Trinajstić information content (AvgIpc) is 2.95. The zero-order valence-corrected chi connectivity index (χ0v) is 18.0. The molecular weight excluding hydrogens is 354 g/mol. The Bertz CT molecular complexity index is 837. The van der Waals surface area contributed by atoms with Crippen molar-refractivity contribution >= 4 is 17.4 Å². The standard InChI is InChI=1S/C22H31N3O3/c1-8-28-22(27)19-14(2)20(23-15(19)3)21(26)16(4)25(7)13-17-9-11-18(12-10-17)24(5)6/h9-12,16,23H,8,13H2,1-7H3/p+1/t16-/m1/s1. The molecule has 0 spiro atoms. The van der Waals surface area contributed by atoms with Crippen LogP contribution >= 0.6 is 0 Å². The summed E-state index contributed by atoms with van der Waals surface area (Å²) < 4.78 is 5.12. The molecule has 0 saturated carbocycles. The van der Waals surface area contributed by atoms with Crippen LogP contribution in [0.5, 0.6) is 0 Å². The molecule has 6 nitrogen and oxygen atoms in total. The number of aryl methyl sites for hydroxylation is 1. The third kappa shape index (κ3) is 4.62. The lowest BCUT2D eigenvalue weighted by Gasteiger charge is -2.21. The number of H-pyrrole nitrogens is 1. The van der Waals surface area contributed by atoms with E-state index in [4.69, 9.17) is 4.74 Å². The van der Waals surface area contributed by atoms with Gasteiger partial charge in [0.2, 0.25) is 5.78 Å². The van der Waals surface area contributed by atoms with Crippen molar-refractivity contribution in [1.29, 1.82) is 0 Å². The Morgan fingerprint density at radius 3 is 2.32 bits per heavy atom. The summed E-state index contributed by atoms with van der Waals surface area (Å²) in [7, 11) is 6.04. The first-order valence-electron chi connectivity index (χ1n) is 9.66. The molecule has 0 bridgehead atoms. The summed E-state index contributed by atoms with van der Waals surface area (Å²) in [5.41, 5.74) is 4.62. The molecule has 0 aliphatic heterocycles. The number of benzene rings is 1. The molecule has 0 radical (unpaired) electrons. The largest absolute Gasteiger partial charge is 0.462 e. The Morgan fingerprint density at radius 1 is 1.18 bits per heavy atom. The number of ketones is 1. The smallest absolute Gasteiger partial charge is 0.340 e. The number of nitrogens with zero attached hydrogens (tertiary/aromatic N) is 1. The minimum Gasteiger partial charge on any atom is -0.462 e. The average molecular weight is 387 g/mol. The number of hydrogen-bond acceptors (Lipinski definition) is 4. The molecule has 28 heavy (non-hydrogen) atoms. The van der Waals surface area contributed by atoms with Gasteiger partial charge in [-0.15, -0.1) is 0 Å². The van der Waals surface area contributed by atoms with Crippen molar-refractivity contribution in [2.45, 2.75) is 40.3 Å². The quantitative estimate of drug-likeness (QED) is 0.539. The van der Waals surface area contributed by atoms with Crippen LogP contribution in [-0.2, 0) is 11.3 Å². The van der Waals surface area contributed by atoms with Crippen molar-refractivity contribution in [3.05, 3.63) is 52.3 Å². The van der Waals surface area contributed by atoms with E-state index in [1.807, 2.05) is 28.1 Å². The van der Waals surface area contributed by atoms with Gasteiger partial charge >= 0.3 is 5.97 Å². The SMILES string of the molecule is CCOC(=O)c1c(C)[nH]c(C(=O)[C@@H](C)[NH+](C)Cc2ccc(N(C)C)cc2)c1C. The number of aromatic nitrogens is 1. The van der Waals surface area contributed by atoms with Gasteiger partial charge in [-0.2, -0.15) is 0 Å². The van der Waals surface area contributed by atoms with Gasteiger partial charge in [-0.3, -0.25) is 4.79 Å². The number of quaternary nitrogens is 1. The molecule has 0 aliphatic rings. The number of carbonyl (C=O) groups is 2. The van der Waals surface area contributed by atoms with Crippen molar-refractivity contribution in [2.75, 3.05) is 32.6 Å². The van der Waals surface area contributed by atoms with Gasteiger partial charge in [-0.25, -0.2) is 4.79 Å². The van der Waals surface area contributed by atoms with Gasteiger partial charge in [0.15, 0.2) is 6.04 Å². The molecule has 1 aromatic heterocycles. The second-order valence-electron chi connectivity index (χ2n) is 7.52. The minimum absolute atomic E-state index is 0.00133. The molecule has 2 N–H and O–H groups in total. The van der Waals surface area contributed by atoms with Crippen LogP contribution < -0.4 is 9.80 Å². The van der Waals surface area contributed by atoms with E-state index in [0.717, 1.165) is 17.1 Å². The second kappa shape index (κ2) is 9.06. The first-order valence-corrected chi connectivity index (χ1v) is 9.66. The Balaban J connectivity index is 2.15. The van der Waals surface area contributed by atoms with E-state index in [-0.39, 0.29) is 17.8 Å². The van der Waals surface area contributed by atoms with E-state index in [1.165, 1.54) is 5.56 Å². The van der Waals surface area contributed by atoms with Gasteiger partial charge in [0.1, 0.15) is 6.54 Å². The molecule has 152 valence electrons. The zero-order valence-electron chi connectivity index (χ0n) is 18.0. The molecule has 1 unspecified atom stereocenters. The number of esters is 1. The van der Waals surface area contributed by atoms with Crippen LogP contribution in [0.1, 0.15) is 51.5 Å². The lowest BCUT2D eigenvalue weighted by Crippen LogP contribution is -3.12. The molecule has 0 fully saturated rings. The first kappa shape index (κ1) is 21.7. The summed E-state index contributed by atoms with van der Waals surface area (Å²) in [6.07, 6.45) is 0. The van der Waals surface area contributed by atoms with E-state index in [1.54, 1.807) is 20.8 Å². The molecule has 0 amide bonds. The van der Waals surface area contributed by atoms with Crippen molar-refractivity contribution in [1.82, 2.24) is 4.98 Å². The Labute approximate surface area is 167 Å². The third-order valence-electron chi connectivity index (χ3n) is 5.23. The molecule has 2 atom stereocenters. The number of likely N-dealkylation sites (N-methyl/N-ethyl adjacent to an activating group) is 1. The Hall–Kier alpha value is -2.60. The minimum atomic E-state index is -0.387. The summed E-state index contributed by atoms with van der Waals surface area (Å²) in [5.74, 6) is -0.388. The number of carbonyl (C=O) groups excluding carboxylic acids is 2. The van der Waals surface area contributed by atoms with Crippen LogP contribution in [0.3, 0.4) is 0 Å². The maximum absolute atomic E-state index is 13.1. The van der Waals surface area contributed by atoms with Crippen molar-refractivity contribution in [2.24, 2.45) is 0 Å². The fourth-order valence-electron chi connectivity index (χ4n) is 3.33. The van der Waals surface area contributed by atoms with Gasteiger partial charge in [-0.05, 0) is 45.4 Å². The predicted octanol–water partition coefficient (Wildman–Crippen LogP) is 2.16. The van der Waals surface area contributed by atoms with Crippen LogP contribution in [-0.4, -0.2) is 50.5 Å². The first-order chi connectivity index (χ1) is 13.2. The Kier molecular flexibility index (Phi) is 7.02. The van der Waals surface area contributed by atoms with Crippen molar-refractivity contribution < 1.29 is 19.2 Å². The molecule has 1 aromatic carbocycles. The third-order valence-corrected chi connectivity index (χ3v) is 5.23. The molecule has 2 aromatic rings. The molecule has 6 heteroatoms. The summed E-state index contributed by atoms with van der Waals surface area (Å²) >= 11 is 0. The molecule has 1 heterocycles. The Morgan fingerprint density at radius 2 is 1.79 bits per heavy atom. The van der Waals surface area contributed by atoms with Gasteiger partial charge in [0.25, 0.3) is 0 Å². The van der Waals surface area contributed by atoms with Gasteiger partial charge < -0.3 is 19.5 Å². The number of ether oxygens (including phenoxy) is 1. The van der Waals surface area contributed by atoms with E-state index in [9.17, 15) is 9.59 Å². The zero-order chi connectivity index (χ0) is 21.0. The predicted molar refractivity (Wildman–Crippen MR) is 111 cm³/mol. The van der Waals surface area contributed by atoms with Gasteiger partial charge in [0, 0.05) is 31.0 Å². The summed E-state index contributed by atoms with van der Waals surface area (Å²) in [6, 6.07) is 8.11. The highest BCUT2D eigenvalue weighted by molar-refractivity contribution is 6.03. The summed E-state index contributed by atoms with van der Waals surface area (Å²) in [5, 5.41) is 0. The van der Waals surface area contributed by atoms with Gasteiger partial charge in [0.05, 0.1) is 24.9 Å². The topological polar surface area (TPSA) is 66.8 Å². The summed E-state index contributed by atoms with van der Waals surface area (Å²) in [6.45, 7) is 8.33. The summed E-state index contributed by atoms with van der Waals surface area (Å²) in [4.78, 5) is 31.5. The lowest BCUT2D eigenvalue weighted by molar-refractivity contribution is -0.907. The number of nitrogens with one attached hydrogen (secondary N) is 2. The molecule has 2 rings (SSSR count). The van der Waals surface area contributed by atoms with Crippen LogP contribution in [0.25, 0.3) is 0 Å². The monoisotopic (exact) mass is 386 g/mol. The highest BCUT2D eigenvalue weighted by atomic mass is 16.5. The number of anilines is 1. The van der Waals surface area contributed by atoms with E-state index in [2.05, 4.69) is 34.1 Å². The van der Waals surface area contributed by atoms with E-state index >= 15 is 0 Å². The fourth-order valence-corrected chi connectivity index (χ4v) is 3.33. The van der Waals surface area contributed by atoms with Crippen LogP contribution in [0.4, 0.5) is 5.69 Å².